The van der Waals surface area contributed by atoms with Crippen molar-refractivity contribution in [3.05, 3.63) is 48.5 Å². The topological polar surface area (TPSA) is 87.6 Å². The number of hydrogen-bond acceptors (Lipinski definition) is 5. The highest BCUT2D eigenvalue weighted by atomic mass is 16.5. The molecular weight excluding hydrogens is 344 g/mol. The van der Waals surface area contributed by atoms with Gasteiger partial charge in [-0.05, 0) is 30.7 Å². The summed E-state index contributed by atoms with van der Waals surface area (Å²) in [5.41, 5.74) is 1.64. The Morgan fingerprint density at radius 3 is 2.74 bits per heavy atom. The summed E-state index contributed by atoms with van der Waals surface area (Å²) in [4.78, 5) is 22.0. The van der Waals surface area contributed by atoms with Gasteiger partial charge in [0, 0.05) is 24.5 Å². The van der Waals surface area contributed by atoms with Crippen LogP contribution in [0.4, 0.5) is 10.6 Å². The van der Waals surface area contributed by atoms with Crippen LogP contribution in [-0.2, 0) is 0 Å². The first-order chi connectivity index (χ1) is 13.2. The lowest BCUT2D eigenvalue weighted by Crippen LogP contribution is -2.30. The third kappa shape index (κ3) is 3.36. The zero-order valence-electron chi connectivity index (χ0n) is 14.9. The Hall–Kier alpha value is -3.35. The first kappa shape index (κ1) is 17.1. The molecule has 4 rings (SSSR count). The van der Waals surface area contributed by atoms with Crippen molar-refractivity contribution in [2.75, 3.05) is 25.5 Å². The molecule has 1 aliphatic rings. The highest BCUT2D eigenvalue weighted by Crippen LogP contribution is 2.31. The quantitative estimate of drug-likeness (QED) is 0.737. The maximum atomic E-state index is 11.2. The van der Waals surface area contributed by atoms with E-state index >= 15 is 0 Å². The SMILES string of the molecule is COc1ccccc1-c1nc(NC2CCN(C(=O)O)C2)c2ccccc2n1. The second kappa shape index (κ2) is 7.11. The molecule has 7 nitrogen and oxygen atoms in total. The average molecular weight is 364 g/mol. The lowest BCUT2D eigenvalue weighted by atomic mass is 10.1. The van der Waals surface area contributed by atoms with Gasteiger partial charge in [0.25, 0.3) is 0 Å². The number of amides is 1. The normalized spacial score (nSPS) is 16.5. The van der Waals surface area contributed by atoms with Gasteiger partial charge >= 0.3 is 6.09 Å². The van der Waals surface area contributed by atoms with Gasteiger partial charge < -0.3 is 20.1 Å². The van der Waals surface area contributed by atoms with Crippen LogP contribution in [-0.4, -0.2) is 52.3 Å². The van der Waals surface area contributed by atoms with E-state index in [0.29, 0.717) is 30.5 Å². The van der Waals surface area contributed by atoms with E-state index in [1.165, 1.54) is 4.90 Å². The molecule has 1 atom stereocenters. The standard InChI is InChI=1S/C20H20N4O3/c1-27-17-9-5-3-7-15(17)19-22-16-8-4-2-6-14(16)18(23-19)21-13-10-11-24(12-13)20(25)26/h2-9,13H,10-12H2,1H3,(H,25,26)(H,21,22,23). The highest BCUT2D eigenvalue weighted by Gasteiger charge is 2.26. The molecule has 3 aromatic rings. The van der Waals surface area contributed by atoms with Crippen molar-refractivity contribution >= 4 is 22.8 Å². The van der Waals surface area contributed by atoms with Crippen molar-refractivity contribution in [1.82, 2.24) is 14.9 Å². The molecule has 1 aromatic heterocycles. The van der Waals surface area contributed by atoms with Gasteiger partial charge in [-0.3, -0.25) is 0 Å². The van der Waals surface area contributed by atoms with Crippen molar-refractivity contribution in [3.63, 3.8) is 0 Å². The van der Waals surface area contributed by atoms with Gasteiger partial charge in [0.2, 0.25) is 0 Å². The number of ether oxygens (including phenoxy) is 1. The maximum absolute atomic E-state index is 11.2. The summed E-state index contributed by atoms with van der Waals surface area (Å²) in [6.07, 6.45) is -0.143. The summed E-state index contributed by atoms with van der Waals surface area (Å²) in [7, 11) is 1.62. The summed E-state index contributed by atoms with van der Waals surface area (Å²) in [6.45, 7) is 0.965. The first-order valence-electron chi connectivity index (χ1n) is 8.80. The van der Waals surface area contributed by atoms with E-state index in [1.54, 1.807) is 7.11 Å². The number of likely N-dealkylation sites (tertiary alicyclic amines) is 1. The van der Waals surface area contributed by atoms with Crippen molar-refractivity contribution in [1.29, 1.82) is 0 Å². The highest BCUT2D eigenvalue weighted by molar-refractivity contribution is 5.91. The maximum Gasteiger partial charge on any atom is 0.407 e. The second-order valence-electron chi connectivity index (χ2n) is 6.47. The monoisotopic (exact) mass is 364 g/mol. The van der Waals surface area contributed by atoms with E-state index in [1.807, 2.05) is 48.5 Å². The molecule has 1 aliphatic heterocycles. The summed E-state index contributed by atoms with van der Waals surface area (Å²) in [6, 6.07) is 15.4. The van der Waals surface area contributed by atoms with Crippen LogP contribution in [0.2, 0.25) is 0 Å². The minimum atomic E-state index is -0.887. The van der Waals surface area contributed by atoms with Crippen LogP contribution in [0.25, 0.3) is 22.3 Å². The number of methoxy groups -OCH3 is 1. The Balaban J connectivity index is 1.74. The number of anilines is 1. The number of para-hydroxylation sites is 2. The number of aromatic nitrogens is 2. The Labute approximate surface area is 156 Å². The molecule has 0 radical (unpaired) electrons. The zero-order chi connectivity index (χ0) is 18.8. The lowest BCUT2D eigenvalue weighted by Gasteiger charge is -2.17. The van der Waals surface area contributed by atoms with Crippen LogP contribution >= 0.6 is 0 Å². The molecular formula is C20H20N4O3. The fraction of sp³-hybridized carbons (Fsp3) is 0.250. The Morgan fingerprint density at radius 1 is 1.19 bits per heavy atom. The molecule has 0 saturated carbocycles. The summed E-state index contributed by atoms with van der Waals surface area (Å²) < 4.78 is 5.45. The molecule has 2 heterocycles. The van der Waals surface area contributed by atoms with Gasteiger partial charge in [0.1, 0.15) is 11.6 Å². The number of benzene rings is 2. The number of rotatable bonds is 4. The average Bonchev–Trinajstić information content (AvgIpc) is 3.17. The number of nitrogens with one attached hydrogen (secondary N) is 1. The van der Waals surface area contributed by atoms with Crippen molar-refractivity contribution in [2.24, 2.45) is 0 Å². The number of nitrogens with zero attached hydrogens (tertiary/aromatic N) is 3. The molecule has 138 valence electrons. The fourth-order valence-corrected chi connectivity index (χ4v) is 3.38. The molecule has 7 heteroatoms. The number of fused-ring (bicyclic) bond motifs is 1. The smallest absolute Gasteiger partial charge is 0.407 e. The van der Waals surface area contributed by atoms with Gasteiger partial charge in [0.15, 0.2) is 5.82 Å². The Bertz CT molecular complexity index is 992. The molecule has 0 bridgehead atoms. The van der Waals surface area contributed by atoms with Crippen LogP contribution in [0, 0.1) is 0 Å². The largest absolute Gasteiger partial charge is 0.496 e. The van der Waals surface area contributed by atoms with E-state index in [0.717, 1.165) is 22.9 Å². The van der Waals surface area contributed by atoms with Gasteiger partial charge in [-0.15, -0.1) is 0 Å². The molecule has 27 heavy (non-hydrogen) atoms. The molecule has 2 N–H and O–H groups in total. The fourth-order valence-electron chi connectivity index (χ4n) is 3.38. The first-order valence-corrected chi connectivity index (χ1v) is 8.80. The van der Waals surface area contributed by atoms with E-state index < -0.39 is 6.09 Å². The summed E-state index contributed by atoms with van der Waals surface area (Å²) in [5.74, 6) is 1.98. The van der Waals surface area contributed by atoms with Gasteiger partial charge in [-0.1, -0.05) is 24.3 Å². The van der Waals surface area contributed by atoms with Crippen LogP contribution in [0.1, 0.15) is 6.42 Å². The molecule has 0 aliphatic carbocycles. The summed E-state index contributed by atoms with van der Waals surface area (Å²) in [5, 5.41) is 13.5. The van der Waals surface area contributed by atoms with Crippen LogP contribution in [0.3, 0.4) is 0 Å². The molecule has 2 aromatic carbocycles. The second-order valence-corrected chi connectivity index (χ2v) is 6.47. The van der Waals surface area contributed by atoms with Gasteiger partial charge in [-0.25, -0.2) is 14.8 Å². The minimum Gasteiger partial charge on any atom is -0.496 e. The van der Waals surface area contributed by atoms with Crippen LogP contribution < -0.4 is 10.1 Å². The predicted molar refractivity (Wildman–Crippen MR) is 103 cm³/mol. The predicted octanol–water partition coefficient (Wildman–Crippen LogP) is 3.47. The number of carboxylic acid groups (broad SMARTS) is 1. The van der Waals surface area contributed by atoms with E-state index in [2.05, 4.69) is 5.32 Å². The van der Waals surface area contributed by atoms with Gasteiger partial charge in [-0.2, -0.15) is 0 Å². The van der Waals surface area contributed by atoms with Crippen LogP contribution in [0.15, 0.2) is 48.5 Å². The lowest BCUT2D eigenvalue weighted by molar-refractivity contribution is 0.155. The van der Waals surface area contributed by atoms with E-state index in [-0.39, 0.29) is 6.04 Å². The minimum absolute atomic E-state index is 0.0184. The van der Waals surface area contributed by atoms with Crippen LogP contribution in [0.5, 0.6) is 5.75 Å². The third-order valence-electron chi connectivity index (χ3n) is 4.75. The van der Waals surface area contributed by atoms with Crippen molar-refractivity contribution < 1.29 is 14.6 Å². The van der Waals surface area contributed by atoms with Crippen molar-refractivity contribution in [3.8, 4) is 17.1 Å². The summed E-state index contributed by atoms with van der Waals surface area (Å²) >= 11 is 0. The molecule has 1 unspecified atom stereocenters. The zero-order valence-corrected chi connectivity index (χ0v) is 14.9. The van der Waals surface area contributed by atoms with E-state index in [4.69, 9.17) is 14.7 Å². The Morgan fingerprint density at radius 2 is 1.96 bits per heavy atom. The molecule has 0 spiro atoms. The van der Waals surface area contributed by atoms with Gasteiger partial charge in [0.05, 0.1) is 18.2 Å². The number of carbonyl (C=O) groups is 1. The molecule has 1 fully saturated rings. The Kier molecular flexibility index (Phi) is 4.50. The molecule has 1 amide bonds. The third-order valence-corrected chi connectivity index (χ3v) is 4.75. The molecule has 1 saturated heterocycles. The van der Waals surface area contributed by atoms with E-state index in [9.17, 15) is 9.90 Å². The van der Waals surface area contributed by atoms with Crippen molar-refractivity contribution in [2.45, 2.75) is 12.5 Å². The number of hydrogen-bond donors (Lipinski definition) is 2.